The molecule has 2 atom stereocenters. The standard InChI is InChI=1S/C15H30N2/c1-5-13-10-17(14(6-2)9-16-13)11-15(7-8-15)12(3)4/h12-14,16H,5-11H2,1-4H3. The average molecular weight is 238 g/mol. The maximum absolute atomic E-state index is 3.69. The fourth-order valence-corrected chi connectivity index (χ4v) is 3.28. The molecule has 0 amide bonds. The first-order valence-corrected chi connectivity index (χ1v) is 7.58. The Bertz CT molecular complexity index is 245. The smallest absolute Gasteiger partial charge is 0.0219 e. The highest BCUT2D eigenvalue weighted by molar-refractivity contribution is 5.00. The second-order valence-electron chi connectivity index (χ2n) is 6.52. The minimum absolute atomic E-state index is 0.670. The molecule has 1 saturated carbocycles. The topological polar surface area (TPSA) is 15.3 Å². The van der Waals surface area contributed by atoms with Crippen LogP contribution in [0.3, 0.4) is 0 Å². The highest BCUT2D eigenvalue weighted by Crippen LogP contribution is 2.52. The van der Waals surface area contributed by atoms with Gasteiger partial charge in [-0.3, -0.25) is 4.90 Å². The van der Waals surface area contributed by atoms with Crippen molar-refractivity contribution in [2.75, 3.05) is 19.6 Å². The van der Waals surface area contributed by atoms with Crippen molar-refractivity contribution in [3.63, 3.8) is 0 Å². The van der Waals surface area contributed by atoms with Gasteiger partial charge in [0.1, 0.15) is 0 Å². The van der Waals surface area contributed by atoms with E-state index in [2.05, 4.69) is 37.9 Å². The van der Waals surface area contributed by atoms with Crippen LogP contribution < -0.4 is 5.32 Å². The molecule has 0 aromatic carbocycles. The molecule has 2 unspecified atom stereocenters. The first-order chi connectivity index (χ1) is 8.11. The van der Waals surface area contributed by atoms with Crippen LogP contribution in [0.15, 0.2) is 0 Å². The Hall–Kier alpha value is -0.0800. The van der Waals surface area contributed by atoms with Gasteiger partial charge in [-0.25, -0.2) is 0 Å². The number of piperazine rings is 1. The van der Waals surface area contributed by atoms with Crippen LogP contribution in [-0.2, 0) is 0 Å². The molecule has 0 bridgehead atoms. The van der Waals surface area contributed by atoms with E-state index in [0.29, 0.717) is 5.41 Å². The van der Waals surface area contributed by atoms with Gasteiger partial charge in [0, 0.05) is 31.7 Å². The van der Waals surface area contributed by atoms with Crippen LogP contribution in [-0.4, -0.2) is 36.6 Å². The molecule has 1 saturated heterocycles. The van der Waals surface area contributed by atoms with Crippen molar-refractivity contribution in [3.05, 3.63) is 0 Å². The summed E-state index contributed by atoms with van der Waals surface area (Å²) in [5.41, 5.74) is 0.670. The van der Waals surface area contributed by atoms with Gasteiger partial charge in [-0.2, -0.15) is 0 Å². The van der Waals surface area contributed by atoms with Crippen LogP contribution in [0.5, 0.6) is 0 Å². The normalized spacial score (nSPS) is 33.0. The number of hydrogen-bond acceptors (Lipinski definition) is 2. The Morgan fingerprint density at radius 1 is 1.24 bits per heavy atom. The van der Waals surface area contributed by atoms with Crippen LogP contribution in [0.4, 0.5) is 0 Å². The van der Waals surface area contributed by atoms with Gasteiger partial charge in [0.15, 0.2) is 0 Å². The minimum atomic E-state index is 0.670. The molecule has 1 aliphatic heterocycles. The zero-order valence-electron chi connectivity index (χ0n) is 12.1. The number of nitrogens with zero attached hydrogens (tertiary/aromatic N) is 1. The highest BCUT2D eigenvalue weighted by Gasteiger charge is 2.47. The van der Waals surface area contributed by atoms with Crippen LogP contribution in [0.1, 0.15) is 53.4 Å². The lowest BCUT2D eigenvalue weighted by molar-refractivity contribution is 0.0867. The van der Waals surface area contributed by atoms with Crippen molar-refractivity contribution in [3.8, 4) is 0 Å². The molecule has 0 aromatic heterocycles. The van der Waals surface area contributed by atoms with E-state index < -0.39 is 0 Å². The molecule has 2 rings (SSSR count). The van der Waals surface area contributed by atoms with Gasteiger partial charge < -0.3 is 5.32 Å². The van der Waals surface area contributed by atoms with Gasteiger partial charge in [0.2, 0.25) is 0 Å². The van der Waals surface area contributed by atoms with Gasteiger partial charge in [-0.05, 0) is 37.0 Å². The average Bonchev–Trinajstić information content (AvgIpc) is 3.10. The van der Waals surface area contributed by atoms with E-state index in [1.54, 1.807) is 0 Å². The second kappa shape index (κ2) is 5.27. The molecule has 100 valence electrons. The van der Waals surface area contributed by atoms with Gasteiger partial charge in [0.25, 0.3) is 0 Å². The zero-order valence-corrected chi connectivity index (χ0v) is 12.1. The minimum Gasteiger partial charge on any atom is -0.311 e. The molecule has 2 nitrogen and oxygen atoms in total. The van der Waals surface area contributed by atoms with Gasteiger partial charge in [-0.1, -0.05) is 27.7 Å². The van der Waals surface area contributed by atoms with E-state index in [1.807, 2.05) is 0 Å². The lowest BCUT2D eigenvalue weighted by Gasteiger charge is -2.42. The molecule has 17 heavy (non-hydrogen) atoms. The van der Waals surface area contributed by atoms with Crippen molar-refractivity contribution in [2.45, 2.75) is 65.5 Å². The molecule has 1 heterocycles. The fraction of sp³-hybridized carbons (Fsp3) is 1.00. The second-order valence-corrected chi connectivity index (χ2v) is 6.52. The summed E-state index contributed by atoms with van der Waals surface area (Å²) >= 11 is 0. The maximum atomic E-state index is 3.69. The fourth-order valence-electron chi connectivity index (χ4n) is 3.28. The molecule has 0 aromatic rings. The summed E-state index contributed by atoms with van der Waals surface area (Å²) in [4.78, 5) is 2.79. The number of rotatable bonds is 5. The molecule has 0 radical (unpaired) electrons. The molecule has 2 fully saturated rings. The van der Waals surface area contributed by atoms with Crippen molar-refractivity contribution in [2.24, 2.45) is 11.3 Å². The monoisotopic (exact) mass is 238 g/mol. The summed E-state index contributed by atoms with van der Waals surface area (Å²) in [7, 11) is 0. The molecular weight excluding hydrogens is 208 g/mol. The molecule has 0 spiro atoms. The largest absolute Gasteiger partial charge is 0.311 e. The third-order valence-electron chi connectivity index (χ3n) is 5.21. The first kappa shape index (κ1) is 13.4. The van der Waals surface area contributed by atoms with E-state index >= 15 is 0 Å². The van der Waals surface area contributed by atoms with E-state index in [1.165, 1.54) is 45.3 Å². The summed E-state index contributed by atoms with van der Waals surface area (Å²) in [6.45, 7) is 13.3. The summed E-state index contributed by atoms with van der Waals surface area (Å²) < 4.78 is 0. The lowest BCUT2D eigenvalue weighted by Crippen LogP contribution is -2.57. The molecule has 1 N–H and O–H groups in total. The number of nitrogens with one attached hydrogen (secondary N) is 1. The summed E-state index contributed by atoms with van der Waals surface area (Å²) in [5.74, 6) is 0.856. The van der Waals surface area contributed by atoms with Gasteiger partial charge >= 0.3 is 0 Å². The third-order valence-corrected chi connectivity index (χ3v) is 5.21. The van der Waals surface area contributed by atoms with Crippen molar-refractivity contribution < 1.29 is 0 Å². The Labute approximate surface area is 107 Å². The van der Waals surface area contributed by atoms with Crippen LogP contribution in [0, 0.1) is 11.3 Å². The van der Waals surface area contributed by atoms with Gasteiger partial charge in [0.05, 0.1) is 0 Å². The van der Waals surface area contributed by atoms with E-state index in [0.717, 1.165) is 18.0 Å². The van der Waals surface area contributed by atoms with Crippen LogP contribution in [0.2, 0.25) is 0 Å². The van der Waals surface area contributed by atoms with E-state index in [4.69, 9.17) is 0 Å². The van der Waals surface area contributed by atoms with Crippen LogP contribution in [0.25, 0.3) is 0 Å². The van der Waals surface area contributed by atoms with Crippen LogP contribution >= 0.6 is 0 Å². The first-order valence-electron chi connectivity index (χ1n) is 7.58. The maximum Gasteiger partial charge on any atom is 0.0219 e. The quantitative estimate of drug-likeness (QED) is 0.792. The Morgan fingerprint density at radius 2 is 1.94 bits per heavy atom. The SMILES string of the molecule is CCC1CN(CC2(C(C)C)CC2)C(CC)CN1. The molecule has 2 aliphatic rings. The third kappa shape index (κ3) is 2.85. The summed E-state index contributed by atoms with van der Waals surface area (Å²) in [5, 5.41) is 3.69. The van der Waals surface area contributed by atoms with Crippen molar-refractivity contribution in [1.82, 2.24) is 10.2 Å². The molecule has 1 aliphatic carbocycles. The Morgan fingerprint density at radius 3 is 2.41 bits per heavy atom. The molecule has 2 heteroatoms. The predicted molar refractivity (Wildman–Crippen MR) is 74.2 cm³/mol. The van der Waals surface area contributed by atoms with Gasteiger partial charge in [-0.15, -0.1) is 0 Å². The molecular formula is C15H30N2. The predicted octanol–water partition coefficient (Wildman–Crippen LogP) is 2.89. The highest BCUT2D eigenvalue weighted by atomic mass is 15.2. The van der Waals surface area contributed by atoms with E-state index in [-0.39, 0.29) is 0 Å². The summed E-state index contributed by atoms with van der Waals surface area (Å²) in [6.07, 6.45) is 5.48. The lowest BCUT2D eigenvalue weighted by atomic mass is 9.90. The van der Waals surface area contributed by atoms with Crippen molar-refractivity contribution >= 4 is 0 Å². The Balaban J connectivity index is 1.96. The number of hydrogen-bond donors (Lipinski definition) is 1. The zero-order chi connectivity index (χ0) is 12.5. The van der Waals surface area contributed by atoms with Crippen molar-refractivity contribution in [1.29, 1.82) is 0 Å². The Kier molecular flexibility index (Phi) is 4.14. The summed E-state index contributed by atoms with van der Waals surface area (Å²) in [6, 6.07) is 1.50. The van der Waals surface area contributed by atoms with E-state index in [9.17, 15) is 0 Å².